The summed E-state index contributed by atoms with van der Waals surface area (Å²) in [6.07, 6.45) is 4.17. The standard InChI is InChI=1S/C20H24N4O3/c1-20(2,3)27-19(26)24-12-6-10-16(24)18(25)23-22-13-15-8-4-7-14-9-5-11-21-17(14)15/h4-5,7-9,11,13,16H,6,10,12H2,1-3H3,(H,23,25)/b22-13-/t16-/m1/s1. The van der Waals surface area contributed by atoms with Gasteiger partial charge < -0.3 is 4.74 Å². The molecule has 7 nitrogen and oxygen atoms in total. The molecular weight excluding hydrogens is 344 g/mol. The van der Waals surface area contributed by atoms with Gasteiger partial charge in [0.2, 0.25) is 0 Å². The fourth-order valence-corrected chi connectivity index (χ4v) is 3.05. The summed E-state index contributed by atoms with van der Waals surface area (Å²) >= 11 is 0. The van der Waals surface area contributed by atoms with Gasteiger partial charge in [-0.1, -0.05) is 24.3 Å². The SMILES string of the molecule is CC(C)(C)OC(=O)N1CCC[C@@H]1C(=O)N/N=C\c1cccc2cccnc12. The minimum absolute atomic E-state index is 0.317. The number of carbonyl (C=O) groups excluding carboxylic acids is 2. The topological polar surface area (TPSA) is 83.9 Å². The van der Waals surface area contributed by atoms with E-state index in [2.05, 4.69) is 15.5 Å². The average molecular weight is 368 g/mol. The Kier molecular flexibility index (Phi) is 5.39. The number of hydrogen-bond donors (Lipinski definition) is 1. The van der Waals surface area contributed by atoms with Gasteiger partial charge in [0, 0.05) is 23.7 Å². The molecule has 1 aliphatic heterocycles. The van der Waals surface area contributed by atoms with Crippen LogP contribution in [0.3, 0.4) is 0 Å². The van der Waals surface area contributed by atoms with Crippen LogP contribution in [0.5, 0.6) is 0 Å². The van der Waals surface area contributed by atoms with Crippen LogP contribution >= 0.6 is 0 Å². The third kappa shape index (κ3) is 4.61. The number of pyridine rings is 1. The highest BCUT2D eigenvalue weighted by atomic mass is 16.6. The molecule has 7 heteroatoms. The Labute approximate surface area is 158 Å². The molecule has 1 saturated heterocycles. The smallest absolute Gasteiger partial charge is 0.410 e. The number of carbonyl (C=O) groups is 2. The lowest BCUT2D eigenvalue weighted by Gasteiger charge is -2.27. The van der Waals surface area contributed by atoms with Crippen molar-refractivity contribution in [2.75, 3.05) is 6.54 Å². The summed E-state index contributed by atoms with van der Waals surface area (Å²) in [5.41, 5.74) is 3.56. The van der Waals surface area contributed by atoms with Crippen LogP contribution in [0, 0.1) is 0 Å². The Morgan fingerprint density at radius 3 is 2.85 bits per heavy atom. The highest BCUT2D eigenvalue weighted by Crippen LogP contribution is 2.21. The van der Waals surface area contributed by atoms with Crippen molar-refractivity contribution in [2.45, 2.75) is 45.3 Å². The minimum Gasteiger partial charge on any atom is -0.444 e. The van der Waals surface area contributed by atoms with E-state index in [1.54, 1.807) is 33.2 Å². The van der Waals surface area contributed by atoms with E-state index >= 15 is 0 Å². The Bertz CT molecular complexity index is 868. The molecular formula is C20H24N4O3. The predicted octanol–water partition coefficient (Wildman–Crippen LogP) is 3.08. The quantitative estimate of drug-likeness (QED) is 0.666. The number of ether oxygens (including phenoxy) is 1. The third-order valence-corrected chi connectivity index (χ3v) is 4.23. The third-order valence-electron chi connectivity index (χ3n) is 4.23. The maximum atomic E-state index is 12.5. The molecule has 1 aromatic carbocycles. The molecule has 142 valence electrons. The molecule has 0 spiro atoms. The van der Waals surface area contributed by atoms with Gasteiger partial charge in [-0.3, -0.25) is 14.7 Å². The van der Waals surface area contributed by atoms with E-state index < -0.39 is 17.7 Å². The van der Waals surface area contributed by atoms with Crippen LogP contribution in [0.15, 0.2) is 41.6 Å². The Balaban J connectivity index is 1.66. The molecule has 0 radical (unpaired) electrons. The van der Waals surface area contributed by atoms with Crippen molar-refractivity contribution in [1.29, 1.82) is 0 Å². The van der Waals surface area contributed by atoms with E-state index in [4.69, 9.17) is 4.74 Å². The van der Waals surface area contributed by atoms with E-state index in [1.165, 1.54) is 4.90 Å². The van der Waals surface area contributed by atoms with Crippen LogP contribution in [-0.4, -0.2) is 46.3 Å². The van der Waals surface area contributed by atoms with Gasteiger partial charge in [-0.2, -0.15) is 5.10 Å². The van der Waals surface area contributed by atoms with Gasteiger partial charge >= 0.3 is 6.09 Å². The van der Waals surface area contributed by atoms with Crippen molar-refractivity contribution in [1.82, 2.24) is 15.3 Å². The highest BCUT2D eigenvalue weighted by molar-refractivity contribution is 5.97. The van der Waals surface area contributed by atoms with Crippen molar-refractivity contribution >= 4 is 29.1 Å². The summed E-state index contributed by atoms with van der Waals surface area (Å²) in [5, 5.41) is 5.06. The summed E-state index contributed by atoms with van der Waals surface area (Å²) in [5.74, 6) is -0.317. The lowest BCUT2D eigenvalue weighted by molar-refractivity contribution is -0.125. The first-order chi connectivity index (χ1) is 12.8. The van der Waals surface area contributed by atoms with Crippen molar-refractivity contribution in [3.63, 3.8) is 0 Å². The predicted molar refractivity (Wildman–Crippen MR) is 103 cm³/mol. The number of hydrazone groups is 1. The molecule has 27 heavy (non-hydrogen) atoms. The van der Waals surface area contributed by atoms with Gasteiger partial charge in [-0.15, -0.1) is 0 Å². The van der Waals surface area contributed by atoms with Crippen molar-refractivity contribution in [3.05, 3.63) is 42.1 Å². The number of hydrogen-bond acceptors (Lipinski definition) is 5. The number of amides is 2. The van der Waals surface area contributed by atoms with Gasteiger partial charge in [0.1, 0.15) is 11.6 Å². The lowest BCUT2D eigenvalue weighted by atomic mass is 10.1. The zero-order valence-electron chi connectivity index (χ0n) is 15.8. The Hall–Kier alpha value is -2.96. The van der Waals surface area contributed by atoms with Gasteiger partial charge in [0.15, 0.2) is 0 Å². The van der Waals surface area contributed by atoms with Crippen LogP contribution in [0.25, 0.3) is 10.9 Å². The van der Waals surface area contributed by atoms with Gasteiger partial charge in [0.05, 0.1) is 11.7 Å². The monoisotopic (exact) mass is 368 g/mol. The molecule has 1 aromatic heterocycles. The van der Waals surface area contributed by atoms with Crippen LogP contribution in [-0.2, 0) is 9.53 Å². The van der Waals surface area contributed by atoms with Gasteiger partial charge in [-0.05, 0) is 39.7 Å². The lowest BCUT2D eigenvalue weighted by Crippen LogP contribution is -2.46. The summed E-state index contributed by atoms with van der Waals surface area (Å²) in [4.78, 5) is 30.6. The fraction of sp³-hybridized carbons (Fsp3) is 0.400. The van der Waals surface area contributed by atoms with E-state index in [-0.39, 0.29) is 5.91 Å². The Morgan fingerprint density at radius 2 is 2.07 bits per heavy atom. The average Bonchev–Trinajstić information content (AvgIpc) is 3.10. The molecule has 1 fully saturated rings. The maximum absolute atomic E-state index is 12.5. The summed E-state index contributed by atoms with van der Waals surface area (Å²) in [6, 6.07) is 9.03. The molecule has 2 aromatic rings. The number of likely N-dealkylation sites (tertiary alicyclic amines) is 1. The summed E-state index contributed by atoms with van der Waals surface area (Å²) in [6.45, 7) is 5.92. The molecule has 0 aliphatic carbocycles. The second-order valence-corrected chi connectivity index (χ2v) is 7.49. The van der Waals surface area contributed by atoms with E-state index in [1.807, 2.05) is 30.3 Å². The van der Waals surface area contributed by atoms with Crippen molar-refractivity contribution in [3.8, 4) is 0 Å². The number of nitrogens with zero attached hydrogens (tertiary/aromatic N) is 3. The van der Waals surface area contributed by atoms with Crippen LogP contribution in [0.4, 0.5) is 4.79 Å². The summed E-state index contributed by atoms with van der Waals surface area (Å²) < 4.78 is 5.38. The maximum Gasteiger partial charge on any atom is 0.410 e. The largest absolute Gasteiger partial charge is 0.444 e. The van der Waals surface area contributed by atoms with Crippen LogP contribution < -0.4 is 5.43 Å². The van der Waals surface area contributed by atoms with Crippen molar-refractivity contribution < 1.29 is 14.3 Å². The number of para-hydroxylation sites is 1. The normalized spacial score (nSPS) is 17.4. The number of aromatic nitrogens is 1. The number of rotatable bonds is 3. The highest BCUT2D eigenvalue weighted by Gasteiger charge is 2.36. The first kappa shape index (κ1) is 18.8. The van der Waals surface area contributed by atoms with E-state index in [9.17, 15) is 9.59 Å². The molecule has 1 N–H and O–H groups in total. The minimum atomic E-state index is -0.597. The van der Waals surface area contributed by atoms with Crippen LogP contribution in [0.2, 0.25) is 0 Å². The molecule has 0 unspecified atom stereocenters. The van der Waals surface area contributed by atoms with E-state index in [0.29, 0.717) is 13.0 Å². The first-order valence-electron chi connectivity index (χ1n) is 9.01. The number of nitrogens with one attached hydrogen (secondary N) is 1. The van der Waals surface area contributed by atoms with E-state index in [0.717, 1.165) is 22.9 Å². The molecule has 2 amide bonds. The zero-order valence-corrected chi connectivity index (χ0v) is 15.8. The molecule has 1 atom stereocenters. The Morgan fingerprint density at radius 1 is 1.30 bits per heavy atom. The molecule has 2 heterocycles. The first-order valence-corrected chi connectivity index (χ1v) is 9.01. The van der Waals surface area contributed by atoms with Gasteiger partial charge in [0.25, 0.3) is 5.91 Å². The summed E-state index contributed by atoms with van der Waals surface area (Å²) in [7, 11) is 0. The molecule has 0 bridgehead atoms. The van der Waals surface area contributed by atoms with Crippen molar-refractivity contribution in [2.24, 2.45) is 5.10 Å². The molecule has 3 rings (SSSR count). The second-order valence-electron chi connectivity index (χ2n) is 7.49. The number of benzene rings is 1. The second kappa shape index (κ2) is 7.73. The van der Waals surface area contributed by atoms with Crippen LogP contribution in [0.1, 0.15) is 39.2 Å². The zero-order chi connectivity index (χ0) is 19.4. The number of fused-ring (bicyclic) bond motifs is 1. The fourth-order valence-electron chi connectivity index (χ4n) is 3.05. The molecule has 1 aliphatic rings. The molecule has 0 saturated carbocycles. The van der Waals surface area contributed by atoms with Gasteiger partial charge in [-0.25, -0.2) is 10.2 Å².